The van der Waals surface area contributed by atoms with Crippen LogP contribution in [0.1, 0.15) is 24.0 Å². The van der Waals surface area contributed by atoms with Crippen molar-refractivity contribution in [3.63, 3.8) is 0 Å². The molecular formula is C13H18O2. The summed E-state index contributed by atoms with van der Waals surface area (Å²) in [5, 5.41) is 0. The van der Waals surface area contributed by atoms with Gasteiger partial charge in [0.15, 0.2) is 0 Å². The van der Waals surface area contributed by atoms with E-state index in [1.807, 2.05) is 0 Å². The predicted molar refractivity (Wildman–Crippen MR) is 60.4 cm³/mol. The highest BCUT2D eigenvalue weighted by Gasteiger charge is 2.15. The van der Waals surface area contributed by atoms with Crippen LogP contribution in [0.2, 0.25) is 0 Å². The number of rotatable bonds is 2. The van der Waals surface area contributed by atoms with Crippen molar-refractivity contribution in [2.45, 2.75) is 32.8 Å². The SMILES string of the molecule is Cc1ccc(C)c(OC2CCOCC2)c1. The van der Waals surface area contributed by atoms with Gasteiger partial charge in [-0.1, -0.05) is 12.1 Å². The Morgan fingerprint density at radius 3 is 2.67 bits per heavy atom. The second kappa shape index (κ2) is 4.67. The van der Waals surface area contributed by atoms with Crippen molar-refractivity contribution in [2.75, 3.05) is 13.2 Å². The Balaban J connectivity index is 2.05. The van der Waals surface area contributed by atoms with Crippen molar-refractivity contribution in [1.82, 2.24) is 0 Å². The molecule has 1 heterocycles. The van der Waals surface area contributed by atoms with E-state index in [2.05, 4.69) is 32.0 Å². The molecule has 0 N–H and O–H groups in total. The third kappa shape index (κ3) is 2.72. The first-order valence-electron chi connectivity index (χ1n) is 5.57. The van der Waals surface area contributed by atoms with E-state index in [-0.39, 0.29) is 0 Å². The molecule has 1 aliphatic rings. The van der Waals surface area contributed by atoms with Gasteiger partial charge in [0.1, 0.15) is 11.9 Å². The van der Waals surface area contributed by atoms with E-state index in [1.165, 1.54) is 11.1 Å². The largest absolute Gasteiger partial charge is 0.490 e. The number of aryl methyl sites for hydroxylation is 2. The summed E-state index contributed by atoms with van der Waals surface area (Å²) >= 11 is 0. The van der Waals surface area contributed by atoms with Crippen LogP contribution in [0, 0.1) is 13.8 Å². The fourth-order valence-corrected chi connectivity index (χ4v) is 1.81. The quantitative estimate of drug-likeness (QED) is 0.740. The molecule has 0 aromatic heterocycles. The molecule has 2 rings (SSSR count). The average molecular weight is 206 g/mol. The zero-order chi connectivity index (χ0) is 10.7. The number of hydrogen-bond acceptors (Lipinski definition) is 2. The molecule has 82 valence electrons. The van der Waals surface area contributed by atoms with Crippen LogP contribution in [-0.2, 0) is 4.74 Å². The van der Waals surface area contributed by atoms with E-state index in [1.54, 1.807) is 0 Å². The molecule has 1 saturated heterocycles. The van der Waals surface area contributed by atoms with E-state index < -0.39 is 0 Å². The van der Waals surface area contributed by atoms with Crippen molar-refractivity contribution in [3.8, 4) is 5.75 Å². The minimum Gasteiger partial charge on any atom is -0.490 e. The molecule has 0 radical (unpaired) electrons. The van der Waals surface area contributed by atoms with Gasteiger partial charge < -0.3 is 9.47 Å². The van der Waals surface area contributed by atoms with Gasteiger partial charge >= 0.3 is 0 Å². The Morgan fingerprint density at radius 2 is 1.93 bits per heavy atom. The fourth-order valence-electron chi connectivity index (χ4n) is 1.81. The van der Waals surface area contributed by atoms with Gasteiger partial charge in [-0.3, -0.25) is 0 Å². The van der Waals surface area contributed by atoms with Gasteiger partial charge in [-0.15, -0.1) is 0 Å². The molecule has 0 atom stereocenters. The summed E-state index contributed by atoms with van der Waals surface area (Å²) < 4.78 is 11.3. The topological polar surface area (TPSA) is 18.5 Å². The molecule has 2 heteroatoms. The maximum atomic E-state index is 5.99. The first-order valence-corrected chi connectivity index (χ1v) is 5.57. The van der Waals surface area contributed by atoms with Gasteiger partial charge in [-0.05, 0) is 31.0 Å². The summed E-state index contributed by atoms with van der Waals surface area (Å²) in [6.07, 6.45) is 2.35. The summed E-state index contributed by atoms with van der Waals surface area (Å²) in [4.78, 5) is 0. The van der Waals surface area contributed by atoms with Crippen LogP contribution in [0.4, 0.5) is 0 Å². The lowest BCUT2D eigenvalue weighted by Gasteiger charge is -2.24. The van der Waals surface area contributed by atoms with Gasteiger partial charge in [-0.2, -0.15) is 0 Å². The van der Waals surface area contributed by atoms with Crippen LogP contribution in [0.15, 0.2) is 18.2 Å². The Morgan fingerprint density at radius 1 is 1.20 bits per heavy atom. The predicted octanol–water partition coefficient (Wildman–Crippen LogP) is 2.86. The van der Waals surface area contributed by atoms with Crippen LogP contribution < -0.4 is 4.74 Å². The van der Waals surface area contributed by atoms with Crippen molar-refractivity contribution in [3.05, 3.63) is 29.3 Å². The molecule has 1 aromatic rings. The summed E-state index contributed by atoms with van der Waals surface area (Å²) in [6, 6.07) is 6.35. The number of ether oxygens (including phenoxy) is 2. The molecule has 1 aromatic carbocycles. The van der Waals surface area contributed by atoms with E-state index in [0.29, 0.717) is 6.10 Å². The highest BCUT2D eigenvalue weighted by atomic mass is 16.5. The van der Waals surface area contributed by atoms with Crippen molar-refractivity contribution < 1.29 is 9.47 Å². The molecule has 1 fully saturated rings. The van der Waals surface area contributed by atoms with Crippen LogP contribution in [0.5, 0.6) is 5.75 Å². The third-order valence-corrected chi connectivity index (χ3v) is 2.81. The molecule has 0 unspecified atom stereocenters. The first-order chi connectivity index (χ1) is 7.25. The van der Waals surface area contributed by atoms with Gasteiger partial charge in [-0.25, -0.2) is 0 Å². The maximum absolute atomic E-state index is 5.99. The van der Waals surface area contributed by atoms with Gasteiger partial charge in [0.05, 0.1) is 13.2 Å². The normalized spacial score (nSPS) is 17.7. The molecule has 0 bridgehead atoms. The van der Waals surface area contributed by atoms with E-state index in [0.717, 1.165) is 31.8 Å². The van der Waals surface area contributed by atoms with Gasteiger partial charge in [0, 0.05) is 12.8 Å². The lowest BCUT2D eigenvalue weighted by Crippen LogP contribution is -2.26. The summed E-state index contributed by atoms with van der Waals surface area (Å²) in [5.74, 6) is 1.03. The molecule has 15 heavy (non-hydrogen) atoms. The highest BCUT2D eigenvalue weighted by molar-refractivity contribution is 5.36. The van der Waals surface area contributed by atoms with E-state index in [9.17, 15) is 0 Å². The highest BCUT2D eigenvalue weighted by Crippen LogP contribution is 2.23. The van der Waals surface area contributed by atoms with E-state index >= 15 is 0 Å². The second-order valence-electron chi connectivity index (χ2n) is 4.20. The van der Waals surface area contributed by atoms with Gasteiger partial charge in [0.25, 0.3) is 0 Å². The standard InChI is InChI=1S/C13H18O2/c1-10-3-4-11(2)13(9-10)15-12-5-7-14-8-6-12/h3-4,9,12H,5-8H2,1-2H3. The first kappa shape index (κ1) is 10.5. The lowest BCUT2D eigenvalue weighted by molar-refractivity contribution is 0.0253. The van der Waals surface area contributed by atoms with Crippen molar-refractivity contribution in [2.24, 2.45) is 0 Å². The van der Waals surface area contributed by atoms with E-state index in [4.69, 9.17) is 9.47 Å². The van der Waals surface area contributed by atoms with Crippen molar-refractivity contribution in [1.29, 1.82) is 0 Å². The molecule has 0 saturated carbocycles. The zero-order valence-electron chi connectivity index (χ0n) is 9.45. The average Bonchev–Trinajstić information content (AvgIpc) is 2.25. The molecule has 0 aliphatic carbocycles. The minimum atomic E-state index is 0.333. The Labute approximate surface area is 91.2 Å². The van der Waals surface area contributed by atoms with Crippen LogP contribution in [0.3, 0.4) is 0 Å². The molecule has 2 nitrogen and oxygen atoms in total. The smallest absolute Gasteiger partial charge is 0.122 e. The second-order valence-corrected chi connectivity index (χ2v) is 4.20. The van der Waals surface area contributed by atoms with Crippen LogP contribution >= 0.6 is 0 Å². The maximum Gasteiger partial charge on any atom is 0.122 e. The molecule has 0 spiro atoms. The summed E-state index contributed by atoms with van der Waals surface area (Å²) in [5.41, 5.74) is 2.47. The van der Waals surface area contributed by atoms with Crippen LogP contribution in [-0.4, -0.2) is 19.3 Å². The molecule has 1 aliphatic heterocycles. The lowest BCUT2D eigenvalue weighted by atomic mass is 10.1. The number of benzene rings is 1. The zero-order valence-corrected chi connectivity index (χ0v) is 9.45. The van der Waals surface area contributed by atoms with Gasteiger partial charge in [0.2, 0.25) is 0 Å². The Hall–Kier alpha value is -1.02. The Kier molecular flexibility index (Phi) is 3.27. The van der Waals surface area contributed by atoms with Crippen molar-refractivity contribution >= 4 is 0 Å². The number of hydrogen-bond donors (Lipinski definition) is 0. The van der Waals surface area contributed by atoms with Crippen LogP contribution in [0.25, 0.3) is 0 Å². The third-order valence-electron chi connectivity index (χ3n) is 2.81. The summed E-state index contributed by atoms with van der Waals surface area (Å²) in [7, 11) is 0. The summed E-state index contributed by atoms with van der Waals surface area (Å²) in [6.45, 7) is 5.84. The molecule has 0 amide bonds. The fraction of sp³-hybridized carbons (Fsp3) is 0.538. The molecular weight excluding hydrogens is 188 g/mol. The minimum absolute atomic E-state index is 0.333. The monoisotopic (exact) mass is 206 g/mol. The Bertz CT molecular complexity index is 327.